The highest BCUT2D eigenvalue weighted by molar-refractivity contribution is 7.89. The van der Waals surface area contributed by atoms with Crippen molar-refractivity contribution < 1.29 is 17.6 Å². The molecule has 1 saturated carbocycles. The van der Waals surface area contributed by atoms with Crippen LogP contribution in [0.2, 0.25) is 0 Å². The van der Waals surface area contributed by atoms with Crippen LogP contribution in [-0.4, -0.2) is 62.3 Å². The van der Waals surface area contributed by atoms with Crippen molar-refractivity contribution in [3.63, 3.8) is 0 Å². The highest BCUT2D eigenvalue weighted by Crippen LogP contribution is 2.29. The van der Waals surface area contributed by atoms with Crippen molar-refractivity contribution >= 4 is 15.9 Å². The molecule has 156 valence electrons. The molecule has 3 rings (SSSR count). The fourth-order valence-corrected chi connectivity index (χ4v) is 5.60. The quantitative estimate of drug-likeness (QED) is 0.805. The van der Waals surface area contributed by atoms with Crippen molar-refractivity contribution in [3.8, 4) is 0 Å². The van der Waals surface area contributed by atoms with Gasteiger partial charge in [0.15, 0.2) is 0 Å². The molecule has 6 nitrogen and oxygen atoms in total. The molecular weight excluding hydrogens is 381 g/mol. The van der Waals surface area contributed by atoms with E-state index in [0.29, 0.717) is 38.0 Å². The molecule has 1 N–H and O–H groups in total. The predicted molar refractivity (Wildman–Crippen MR) is 106 cm³/mol. The maximum Gasteiger partial charge on any atom is 0.243 e. The van der Waals surface area contributed by atoms with E-state index in [4.69, 9.17) is 0 Å². The Labute approximate surface area is 167 Å². The molecule has 0 bridgehead atoms. The minimum atomic E-state index is -3.71. The van der Waals surface area contributed by atoms with Gasteiger partial charge in [-0.1, -0.05) is 32.8 Å². The summed E-state index contributed by atoms with van der Waals surface area (Å²) in [6.45, 7) is 6.28. The Hall–Kier alpha value is -1.51. The second kappa shape index (κ2) is 8.88. The van der Waals surface area contributed by atoms with Crippen LogP contribution in [0.15, 0.2) is 29.2 Å². The zero-order valence-corrected chi connectivity index (χ0v) is 17.4. The van der Waals surface area contributed by atoms with Crippen molar-refractivity contribution in [2.24, 2.45) is 11.8 Å². The minimum absolute atomic E-state index is 0.00684. The summed E-state index contributed by atoms with van der Waals surface area (Å²) in [7, 11) is -3.71. The summed E-state index contributed by atoms with van der Waals surface area (Å²) in [5, 5.41) is 3.17. The first-order chi connectivity index (χ1) is 13.3. The molecule has 1 heterocycles. The number of carbonyl (C=O) groups excluding carboxylic acids is 1. The zero-order chi connectivity index (χ0) is 20.3. The molecule has 0 unspecified atom stereocenters. The summed E-state index contributed by atoms with van der Waals surface area (Å²) in [4.78, 5) is 14.4. The first-order valence-electron chi connectivity index (χ1n) is 10.0. The molecule has 0 radical (unpaired) electrons. The number of amides is 1. The number of benzene rings is 1. The Morgan fingerprint density at radius 2 is 1.89 bits per heavy atom. The van der Waals surface area contributed by atoms with E-state index >= 15 is 0 Å². The topological polar surface area (TPSA) is 69.7 Å². The first-order valence-corrected chi connectivity index (χ1v) is 11.5. The molecule has 1 aliphatic heterocycles. The Bertz CT molecular complexity index is 794. The Morgan fingerprint density at radius 1 is 1.18 bits per heavy atom. The minimum Gasteiger partial charge on any atom is -0.352 e. The van der Waals surface area contributed by atoms with Gasteiger partial charge in [-0.3, -0.25) is 9.69 Å². The van der Waals surface area contributed by atoms with Crippen molar-refractivity contribution in [2.75, 3.05) is 32.7 Å². The molecular formula is C20H30FN3O3S. The Morgan fingerprint density at radius 3 is 2.57 bits per heavy atom. The normalized spacial score (nSPS) is 27.5. The number of hydrogen-bond donors (Lipinski definition) is 1. The summed E-state index contributed by atoms with van der Waals surface area (Å²) in [6, 6.07) is 5.30. The zero-order valence-electron chi connectivity index (χ0n) is 16.6. The summed E-state index contributed by atoms with van der Waals surface area (Å²) in [5.41, 5.74) is 0. The molecule has 2 fully saturated rings. The number of halogens is 1. The van der Waals surface area contributed by atoms with Crippen LogP contribution in [0.3, 0.4) is 0 Å². The average molecular weight is 412 g/mol. The van der Waals surface area contributed by atoms with Crippen LogP contribution < -0.4 is 5.32 Å². The number of nitrogens with one attached hydrogen (secondary N) is 1. The average Bonchev–Trinajstić information content (AvgIpc) is 2.66. The largest absolute Gasteiger partial charge is 0.352 e. The molecule has 8 heteroatoms. The van der Waals surface area contributed by atoms with Gasteiger partial charge in [-0.15, -0.1) is 0 Å². The number of sulfonamides is 1. The number of carbonyl (C=O) groups is 1. The number of nitrogens with zero attached hydrogens (tertiary/aromatic N) is 2. The second-order valence-electron chi connectivity index (χ2n) is 8.08. The van der Waals surface area contributed by atoms with Crippen molar-refractivity contribution in [3.05, 3.63) is 30.1 Å². The van der Waals surface area contributed by atoms with E-state index in [1.165, 1.54) is 28.9 Å². The fraction of sp³-hybridized carbons (Fsp3) is 0.650. The van der Waals surface area contributed by atoms with Crippen LogP contribution in [0.25, 0.3) is 0 Å². The molecule has 2 aliphatic rings. The molecule has 28 heavy (non-hydrogen) atoms. The lowest BCUT2D eigenvalue weighted by Crippen LogP contribution is -2.52. The number of rotatable bonds is 5. The molecule has 1 aromatic rings. The highest BCUT2D eigenvalue weighted by atomic mass is 32.2. The monoisotopic (exact) mass is 411 g/mol. The highest BCUT2D eigenvalue weighted by Gasteiger charge is 2.31. The van der Waals surface area contributed by atoms with E-state index in [-0.39, 0.29) is 23.4 Å². The van der Waals surface area contributed by atoms with Gasteiger partial charge in [-0.25, -0.2) is 12.8 Å². The van der Waals surface area contributed by atoms with Crippen LogP contribution in [-0.2, 0) is 14.8 Å². The predicted octanol–water partition coefficient (Wildman–Crippen LogP) is 2.07. The van der Waals surface area contributed by atoms with Gasteiger partial charge in [0, 0.05) is 32.2 Å². The second-order valence-corrected chi connectivity index (χ2v) is 10.0. The lowest BCUT2D eigenvalue weighted by molar-refractivity contribution is -0.124. The standard InChI is InChI=1S/C20H30FN3O3S/c1-15-5-3-8-19(16(15)2)22-20(25)14-23-9-11-24(12-10-23)28(26,27)18-7-4-6-17(21)13-18/h4,6-7,13,15-16,19H,3,5,8-12,14H2,1-2H3,(H,22,25)/t15-,16-,19-/m1/s1. The molecule has 1 aromatic carbocycles. The first kappa shape index (κ1) is 21.2. The van der Waals surface area contributed by atoms with Gasteiger partial charge in [0.2, 0.25) is 15.9 Å². The van der Waals surface area contributed by atoms with E-state index in [0.717, 1.165) is 18.9 Å². The van der Waals surface area contributed by atoms with E-state index in [2.05, 4.69) is 19.2 Å². The van der Waals surface area contributed by atoms with Crippen molar-refractivity contribution in [1.82, 2.24) is 14.5 Å². The van der Waals surface area contributed by atoms with E-state index in [9.17, 15) is 17.6 Å². The van der Waals surface area contributed by atoms with Crippen LogP contribution >= 0.6 is 0 Å². The molecule has 0 spiro atoms. The smallest absolute Gasteiger partial charge is 0.243 e. The maximum atomic E-state index is 13.4. The Kier molecular flexibility index (Phi) is 6.73. The van der Waals surface area contributed by atoms with Crippen LogP contribution in [0.5, 0.6) is 0 Å². The molecule has 3 atom stereocenters. The van der Waals surface area contributed by atoms with Crippen LogP contribution in [0.1, 0.15) is 33.1 Å². The summed E-state index contributed by atoms with van der Waals surface area (Å²) in [5.74, 6) is 0.539. The van der Waals surface area contributed by atoms with Crippen molar-refractivity contribution in [1.29, 1.82) is 0 Å². The van der Waals surface area contributed by atoms with Crippen LogP contribution in [0, 0.1) is 17.7 Å². The number of hydrogen-bond acceptors (Lipinski definition) is 4. The maximum absolute atomic E-state index is 13.4. The lowest BCUT2D eigenvalue weighted by Gasteiger charge is -2.36. The molecule has 1 amide bonds. The van der Waals surface area contributed by atoms with Gasteiger partial charge in [0.1, 0.15) is 5.82 Å². The van der Waals surface area contributed by atoms with Gasteiger partial charge < -0.3 is 5.32 Å². The Balaban J connectivity index is 1.50. The van der Waals surface area contributed by atoms with Gasteiger partial charge in [-0.05, 0) is 36.5 Å². The molecule has 0 aromatic heterocycles. The van der Waals surface area contributed by atoms with E-state index < -0.39 is 15.8 Å². The summed E-state index contributed by atoms with van der Waals surface area (Å²) in [6.07, 6.45) is 3.39. The molecule has 1 saturated heterocycles. The van der Waals surface area contributed by atoms with Gasteiger partial charge in [0.05, 0.1) is 11.4 Å². The molecule has 1 aliphatic carbocycles. The summed E-state index contributed by atoms with van der Waals surface area (Å²) >= 11 is 0. The van der Waals surface area contributed by atoms with Gasteiger partial charge in [-0.2, -0.15) is 4.31 Å². The van der Waals surface area contributed by atoms with Gasteiger partial charge in [0.25, 0.3) is 0 Å². The lowest BCUT2D eigenvalue weighted by atomic mass is 9.78. The fourth-order valence-electron chi connectivity index (χ4n) is 4.15. The third-order valence-electron chi connectivity index (χ3n) is 6.19. The van der Waals surface area contributed by atoms with E-state index in [1.54, 1.807) is 0 Å². The van der Waals surface area contributed by atoms with Gasteiger partial charge >= 0.3 is 0 Å². The third-order valence-corrected chi connectivity index (χ3v) is 8.08. The third kappa shape index (κ3) is 4.90. The SMILES string of the molecule is C[C@@H]1[C@H](C)CCC[C@H]1NC(=O)CN1CCN(S(=O)(=O)c2cccc(F)c2)CC1. The van der Waals surface area contributed by atoms with Crippen molar-refractivity contribution in [2.45, 2.75) is 44.0 Å². The van der Waals surface area contributed by atoms with E-state index in [1.807, 2.05) is 4.90 Å². The number of piperazine rings is 1. The van der Waals surface area contributed by atoms with Crippen LogP contribution in [0.4, 0.5) is 4.39 Å². The summed E-state index contributed by atoms with van der Waals surface area (Å²) < 4.78 is 40.1.